The molecule has 1 atom stereocenters. The van der Waals surface area contributed by atoms with Crippen molar-refractivity contribution in [3.8, 4) is 11.5 Å². The molecule has 1 aromatic heterocycles. The highest BCUT2D eigenvalue weighted by Gasteiger charge is 2.27. The van der Waals surface area contributed by atoms with Gasteiger partial charge in [0, 0.05) is 11.5 Å². The molecule has 0 bridgehead atoms. The molecular weight excluding hydrogens is 291 g/mol. The van der Waals surface area contributed by atoms with E-state index in [2.05, 4.69) is 15.5 Å². The average Bonchev–Trinajstić information content (AvgIpc) is 2.94. The lowest BCUT2D eigenvalue weighted by molar-refractivity contribution is -0.129. The van der Waals surface area contributed by atoms with Gasteiger partial charge in [-0.25, -0.2) is 4.39 Å². The van der Waals surface area contributed by atoms with E-state index in [-0.39, 0.29) is 23.6 Å². The first kappa shape index (κ1) is 15.6. The second-order valence-electron chi connectivity index (χ2n) is 4.95. The molecule has 8 heteroatoms. The van der Waals surface area contributed by atoms with Crippen molar-refractivity contribution >= 4 is 11.8 Å². The molecule has 22 heavy (non-hydrogen) atoms. The first-order chi connectivity index (χ1) is 10.4. The number of hydrogen-bond donors (Lipinski definition) is 2. The van der Waals surface area contributed by atoms with E-state index in [1.165, 1.54) is 24.3 Å². The maximum absolute atomic E-state index is 12.9. The van der Waals surface area contributed by atoms with Gasteiger partial charge in [0.05, 0.1) is 0 Å². The minimum absolute atomic E-state index is 0.0973. The molecule has 2 amide bonds. The van der Waals surface area contributed by atoms with Crippen molar-refractivity contribution in [1.82, 2.24) is 15.5 Å². The van der Waals surface area contributed by atoms with Gasteiger partial charge in [-0.15, -0.1) is 10.2 Å². The Kier molecular flexibility index (Phi) is 4.50. The minimum atomic E-state index is -1.21. The summed E-state index contributed by atoms with van der Waals surface area (Å²) in [5, 5.41) is 9.93. The molecule has 7 nitrogen and oxygen atoms in total. The number of carbonyl (C=O) groups excluding carboxylic acids is 2. The maximum Gasteiger partial charge on any atom is 0.249 e. The topological polar surface area (TPSA) is 111 Å². The largest absolute Gasteiger partial charge is 0.418 e. The first-order valence-corrected chi connectivity index (χ1v) is 6.57. The number of hydrogen-bond acceptors (Lipinski definition) is 5. The quantitative estimate of drug-likeness (QED) is 0.861. The molecule has 0 saturated heterocycles. The Hall–Kier alpha value is -2.77. The number of nitrogens with zero attached hydrogens (tertiary/aromatic N) is 2. The van der Waals surface area contributed by atoms with E-state index >= 15 is 0 Å². The fraction of sp³-hybridized carbons (Fsp3) is 0.286. The number of benzene rings is 1. The van der Waals surface area contributed by atoms with Crippen LogP contribution in [0.15, 0.2) is 28.7 Å². The predicted octanol–water partition coefficient (Wildman–Crippen LogP) is 1.17. The second-order valence-corrected chi connectivity index (χ2v) is 4.95. The average molecular weight is 306 g/mol. The fourth-order valence-corrected chi connectivity index (χ4v) is 1.62. The molecule has 2 aromatic rings. The van der Waals surface area contributed by atoms with Gasteiger partial charge in [0.25, 0.3) is 0 Å². The number of halogens is 1. The highest BCUT2D eigenvalue weighted by Crippen LogP contribution is 2.21. The van der Waals surface area contributed by atoms with Gasteiger partial charge in [0.15, 0.2) is 6.04 Å². The van der Waals surface area contributed by atoms with E-state index in [0.29, 0.717) is 5.56 Å². The lowest BCUT2D eigenvalue weighted by Gasteiger charge is -2.13. The van der Waals surface area contributed by atoms with Crippen molar-refractivity contribution in [2.24, 2.45) is 11.7 Å². The SMILES string of the molecule is CC(C)C(=O)NC(C(N)=O)c1nnc(-c2ccc(F)cc2)o1. The van der Waals surface area contributed by atoms with Crippen molar-refractivity contribution < 1.29 is 18.4 Å². The van der Waals surface area contributed by atoms with Gasteiger partial charge in [0.1, 0.15) is 5.82 Å². The fourth-order valence-electron chi connectivity index (χ4n) is 1.62. The zero-order valence-corrected chi connectivity index (χ0v) is 12.0. The molecule has 1 heterocycles. The third kappa shape index (κ3) is 3.46. The van der Waals surface area contributed by atoms with Crippen molar-refractivity contribution in [3.05, 3.63) is 36.0 Å². The van der Waals surface area contributed by atoms with E-state index in [4.69, 9.17) is 10.2 Å². The van der Waals surface area contributed by atoms with Crippen LogP contribution in [0.25, 0.3) is 11.5 Å². The Morgan fingerprint density at radius 3 is 2.41 bits per heavy atom. The van der Waals surface area contributed by atoms with Crippen LogP contribution >= 0.6 is 0 Å². The van der Waals surface area contributed by atoms with Crippen LogP contribution in [-0.4, -0.2) is 22.0 Å². The summed E-state index contributed by atoms with van der Waals surface area (Å²) in [6, 6.07) is 4.19. The van der Waals surface area contributed by atoms with Crippen LogP contribution in [0.3, 0.4) is 0 Å². The summed E-state index contributed by atoms with van der Waals surface area (Å²) >= 11 is 0. The van der Waals surface area contributed by atoms with Gasteiger partial charge >= 0.3 is 0 Å². The summed E-state index contributed by atoms with van der Waals surface area (Å²) in [6.07, 6.45) is 0. The summed E-state index contributed by atoms with van der Waals surface area (Å²) in [7, 11) is 0. The van der Waals surface area contributed by atoms with Gasteiger partial charge in [-0.1, -0.05) is 13.8 Å². The molecule has 0 saturated carbocycles. The van der Waals surface area contributed by atoms with E-state index in [1.54, 1.807) is 13.8 Å². The monoisotopic (exact) mass is 306 g/mol. The Labute approximate surface area is 125 Å². The van der Waals surface area contributed by atoms with Crippen LogP contribution in [0, 0.1) is 11.7 Å². The van der Waals surface area contributed by atoms with Gasteiger partial charge in [-0.05, 0) is 24.3 Å². The molecule has 0 aliphatic rings. The summed E-state index contributed by atoms with van der Waals surface area (Å²) in [5.41, 5.74) is 5.74. The van der Waals surface area contributed by atoms with Crippen LogP contribution in [0.2, 0.25) is 0 Å². The van der Waals surface area contributed by atoms with Crippen molar-refractivity contribution in [2.75, 3.05) is 0 Å². The van der Waals surface area contributed by atoms with Gasteiger partial charge in [-0.2, -0.15) is 0 Å². The van der Waals surface area contributed by atoms with Crippen molar-refractivity contribution in [3.63, 3.8) is 0 Å². The third-order valence-electron chi connectivity index (χ3n) is 2.87. The molecule has 0 aliphatic heterocycles. The molecule has 0 radical (unpaired) electrons. The number of aromatic nitrogens is 2. The minimum Gasteiger partial charge on any atom is -0.418 e. The maximum atomic E-state index is 12.9. The Balaban J connectivity index is 2.25. The number of carbonyl (C=O) groups is 2. The first-order valence-electron chi connectivity index (χ1n) is 6.57. The van der Waals surface area contributed by atoms with E-state index in [9.17, 15) is 14.0 Å². The van der Waals surface area contributed by atoms with E-state index < -0.39 is 17.8 Å². The third-order valence-corrected chi connectivity index (χ3v) is 2.87. The molecule has 0 spiro atoms. The molecular formula is C14H15FN4O3. The second kappa shape index (κ2) is 6.33. The number of amides is 2. The predicted molar refractivity (Wildman–Crippen MR) is 74.6 cm³/mol. The highest BCUT2D eigenvalue weighted by molar-refractivity contribution is 5.87. The normalized spacial score (nSPS) is 12.2. The van der Waals surface area contributed by atoms with Crippen LogP contribution in [0.5, 0.6) is 0 Å². The summed E-state index contributed by atoms with van der Waals surface area (Å²) in [6.45, 7) is 3.34. The smallest absolute Gasteiger partial charge is 0.249 e. The van der Waals surface area contributed by atoms with Gasteiger partial charge < -0.3 is 15.5 Å². The van der Waals surface area contributed by atoms with E-state index in [0.717, 1.165) is 0 Å². The van der Waals surface area contributed by atoms with Crippen LogP contribution < -0.4 is 11.1 Å². The zero-order valence-electron chi connectivity index (χ0n) is 12.0. The Morgan fingerprint density at radius 2 is 1.86 bits per heavy atom. The van der Waals surface area contributed by atoms with Crippen molar-refractivity contribution in [1.29, 1.82) is 0 Å². The summed E-state index contributed by atoms with van der Waals surface area (Å²) < 4.78 is 18.2. The molecule has 116 valence electrons. The number of rotatable bonds is 5. The number of nitrogens with one attached hydrogen (secondary N) is 1. The molecule has 0 aliphatic carbocycles. The molecule has 1 unspecified atom stereocenters. The lowest BCUT2D eigenvalue weighted by atomic mass is 10.2. The molecule has 3 N–H and O–H groups in total. The van der Waals surface area contributed by atoms with Gasteiger partial charge in [0.2, 0.25) is 23.6 Å². The number of nitrogens with two attached hydrogens (primary N) is 1. The zero-order chi connectivity index (χ0) is 16.3. The molecule has 0 fully saturated rings. The Bertz CT molecular complexity index is 682. The van der Waals surface area contributed by atoms with Crippen LogP contribution in [0.1, 0.15) is 25.8 Å². The lowest BCUT2D eigenvalue weighted by Crippen LogP contribution is -2.39. The number of primary amides is 1. The van der Waals surface area contributed by atoms with Crippen LogP contribution in [0.4, 0.5) is 4.39 Å². The van der Waals surface area contributed by atoms with Crippen molar-refractivity contribution in [2.45, 2.75) is 19.9 Å². The molecule has 2 rings (SSSR count). The van der Waals surface area contributed by atoms with E-state index in [1.807, 2.05) is 0 Å². The molecule has 1 aromatic carbocycles. The Morgan fingerprint density at radius 1 is 1.23 bits per heavy atom. The van der Waals surface area contributed by atoms with Crippen LogP contribution in [-0.2, 0) is 9.59 Å². The highest BCUT2D eigenvalue weighted by atomic mass is 19.1. The van der Waals surface area contributed by atoms with Gasteiger partial charge in [-0.3, -0.25) is 9.59 Å². The summed E-state index contributed by atoms with van der Waals surface area (Å²) in [5.74, 6) is -1.95. The standard InChI is InChI=1S/C14H15FN4O3/c1-7(2)12(21)17-10(11(16)20)14-19-18-13(22-14)8-3-5-9(15)6-4-8/h3-7,10H,1-2H3,(H2,16,20)(H,17,21). The summed E-state index contributed by atoms with van der Waals surface area (Å²) in [4.78, 5) is 23.2.